The molecule has 0 bridgehead atoms. The number of piperidine rings is 1. The normalized spacial score (nSPS) is 24.5. The van der Waals surface area contributed by atoms with Gasteiger partial charge in [-0.15, -0.1) is 0 Å². The summed E-state index contributed by atoms with van der Waals surface area (Å²) in [4.78, 5) is 47.5. The molecule has 4 aliphatic rings. The fourth-order valence-electron chi connectivity index (χ4n) is 7.88. The third-order valence-electron chi connectivity index (χ3n) is 10.5. The van der Waals surface area contributed by atoms with Crippen LogP contribution < -0.4 is 10.1 Å². The van der Waals surface area contributed by atoms with Crippen LogP contribution in [0.2, 0.25) is 0 Å². The monoisotopic (exact) mass is 703 g/mol. The maximum atomic E-state index is 13.3. The lowest BCUT2D eigenvalue weighted by atomic mass is 10.0. The van der Waals surface area contributed by atoms with E-state index in [0.717, 1.165) is 48.3 Å². The van der Waals surface area contributed by atoms with E-state index in [1.165, 1.54) is 4.90 Å². The Labute approximate surface area is 296 Å². The predicted molar refractivity (Wildman–Crippen MR) is 186 cm³/mol. The molecule has 13 nitrogen and oxygen atoms in total. The van der Waals surface area contributed by atoms with Gasteiger partial charge in [-0.3, -0.25) is 4.79 Å². The Morgan fingerprint density at radius 1 is 0.961 bits per heavy atom. The van der Waals surface area contributed by atoms with Crippen LogP contribution in [-0.2, 0) is 20.9 Å². The van der Waals surface area contributed by atoms with Crippen LogP contribution in [0.5, 0.6) is 5.88 Å². The number of fused-ring (bicyclic) bond motifs is 2. The summed E-state index contributed by atoms with van der Waals surface area (Å²) in [7, 11) is 0. The van der Waals surface area contributed by atoms with Crippen LogP contribution in [-0.4, -0.2) is 105 Å². The number of ether oxygens (including phenoxy) is 3. The number of carbonyl (C=O) groups excluding carboxylic acids is 3. The van der Waals surface area contributed by atoms with Gasteiger partial charge in [0, 0.05) is 50.3 Å². The zero-order valence-electron chi connectivity index (χ0n) is 29.2. The highest BCUT2D eigenvalue weighted by Crippen LogP contribution is 2.40. The van der Waals surface area contributed by atoms with Gasteiger partial charge in [-0.05, 0) is 49.0 Å². The Bertz CT molecular complexity index is 1750. The lowest BCUT2D eigenvalue weighted by molar-refractivity contribution is -0.128. The van der Waals surface area contributed by atoms with Crippen LogP contribution in [0.3, 0.4) is 0 Å². The third kappa shape index (κ3) is 7.74. The highest BCUT2D eigenvalue weighted by Gasteiger charge is 2.44. The average molecular weight is 704 g/mol. The standard InChI is InChI=1S/C37H46FN7O6/c1-23(2)31-17-39-45-32(16-33(41-34(31)45)50-29-10-7-12-43(21-29)36(47)49-22-25-8-5-4-6-9-25)40-28-14-26-18-44(19-27(26)15-28)37(48)51-30-11-13-42(20-30)35(46)24(3)38/h4-6,8-9,16-17,23,26-30,40H,3,7,10-15,18-22H2,1-2H3/t26?,27?,28?,29-,30?/m1/s1. The Morgan fingerprint density at radius 2 is 1.71 bits per heavy atom. The first kappa shape index (κ1) is 34.6. The molecule has 3 amide bonds. The molecule has 3 unspecified atom stereocenters. The lowest BCUT2D eigenvalue weighted by Crippen LogP contribution is -2.44. The van der Waals surface area contributed by atoms with E-state index in [9.17, 15) is 18.8 Å². The zero-order valence-corrected chi connectivity index (χ0v) is 29.2. The Hall–Kier alpha value is -4.88. The first-order valence-corrected chi connectivity index (χ1v) is 18.0. The van der Waals surface area contributed by atoms with Crippen LogP contribution >= 0.6 is 0 Å². The number of aromatic nitrogens is 3. The van der Waals surface area contributed by atoms with Crippen LogP contribution in [0.25, 0.3) is 5.65 Å². The molecule has 5 heterocycles. The van der Waals surface area contributed by atoms with E-state index < -0.39 is 17.8 Å². The van der Waals surface area contributed by atoms with Crippen LogP contribution in [0.15, 0.2) is 55.0 Å². The van der Waals surface area contributed by atoms with Gasteiger partial charge >= 0.3 is 12.2 Å². The van der Waals surface area contributed by atoms with E-state index in [1.54, 1.807) is 9.80 Å². The van der Waals surface area contributed by atoms with Gasteiger partial charge in [0.25, 0.3) is 5.91 Å². The van der Waals surface area contributed by atoms with Crippen molar-refractivity contribution in [1.82, 2.24) is 29.3 Å². The summed E-state index contributed by atoms with van der Waals surface area (Å²) in [5, 5.41) is 8.39. The van der Waals surface area contributed by atoms with Gasteiger partial charge in [-0.2, -0.15) is 14.6 Å². The van der Waals surface area contributed by atoms with Crippen LogP contribution in [0.4, 0.5) is 19.8 Å². The van der Waals surface area contributed by atoms with Gasteiger partial charge in [0.2, 0.25) is 5.88 Å². The Kier molecular flexibility index (Phi) is 10.0. The molecule has 0 spiro atoms. The quantitative estimate of drug-likeness (QED) is 0.292. The summed E-state index contributed by atoms with van der Waals surface area (Å²) in [6, 6.07) is 11.7. The maximum Gasteiger partial charge on any atom is 0.410 e. The maximum absolute atomic E-state index is 13.3. The van der Waals surface area contributed by atoms with Gasteiger partial charge in [-0.25, -0.2) is 14.0 Å². The summed E-state index contributed by atoms with van der Waals surface area (Å²) in [6.07, 6.45) is 4.27. The molecule has 272 valence electrons. The molecule has 1 aromatic carbocycles. The van der Waals surface area contributed by atoms with Crippen molar-refractivity contribution in [3.05, 3.63) is 66.1 Å². The molecule has 1 N–H and O–H groups in total. The van der Waals surface area contributed by atoms with Crippen molar-refractivity contribution in [1.29, 1.82) is 0 Å². The highest BCUT2D eigenvalue weighted by atomic mass is 19.1. The number of rotatable bonds is 9. The molecular formula is C37H46FN7O6. The Balaban J connectivity index is 0.964. The summed E-state index contributed by atoms with van der Waals surface area (Å²) in [5.74, 6) is 0.352. The molecule has 7 rings (SSSR count). The molecule has 51 heavy (non-hydrogen) atoms. The van der Waals surface area contributed by atoms with Gasteiger partial charge in [0.05, 0.1) is 19.3 Å². The first-order valence-electron chi connectivity index (χ1n) is 18.0. The molecule has 2 aromatic heterocycles. The number of nitrogens with zero attached hydrogens (tertiary/aromatic N) is 6. The zero-order chi connectivity index (χ0) is 35.6. The number of hydrogen-bond acceptors (Lipinski definition) is 9. The molecular weight excluding hydrogens is 657 g/mol. The van der Waals surface area contributed by atoms with E-state index in [2.05, 4.69) is 30.8 Å². The number of hydrogen-bond donors (Lipinski definition) is 1. The fourth-order valence-corrected chi connectivity index (χ4v) is 7.88. The Morgan fingerprint density at radius 3 is 2.43 bits per heavy atom. The molecule has 4 atom stereocenters. The van der Waals surface area contributed by atoms with E-state index in [-0.39, 0.29) is 43.4 Å². The molecule has 14 heteroatoms. The fraction of sp³-hybridized carbons (Fsp3) is 0.541. The summed E-state index contributed by atoms with van der Waals surface area (Å²) < 4.78 is 32.9. The summed E-state index contributed by atoms with van der Waals surface area (Å²) in [5.41, 5.74) is 2.69. The van der Waals surface area contributed by atoms with E-state index in [0.29, 0.717) is 56.9 Å². The van der Waals surface area contributed by atoms with Crippen LogP contribution in [0, 0.1) is 11.8 Å². The van der Waals surface area contributed by atoms with Gasteiger partial charge < -0.3 is 34.2 Å². The van der Waals surface area contributed by atoms with Gasteiger partial charge in [0.1, 0.15) is 24.6 Å². The van der Waals surface area contributed by atoms with E-state index in [4.69, 9.17) is 19.2 Å². The largest absolute Gasteiger partial charge is 0.472 e. The molecule has 4 fully saturated rings. The van der Waals surface area contributed by atoms with Crippen molar-refractivity contribution in [2.45, 2.75) is 76.7 Å². The minimum Gasteiger partial charge on any atom is -0.472 e. The second-order valence-corrected chi connectivity index (χ2v) is 14.5. The van der Waals surface area contributed by atoms with E-state index in [1.807, 2.05) is 47.1 Å². The van der Waals surface area contributed by atoms with Crippen molar-refractivity contribution < 1.29 is 33.0 Å². The molecule has 1 saturated carbocycles. The number of anilines is 1. The molecule has 0 radical (unpaired) electrons. The number of amides is 3. The average Bonchev–Trinajstić information content (AvgIpc) is 3.91. The van der Waals surface area contributed by atoms with Crippen molar-refractivity contribution >= 4 is 29.6 Å². The number of nitrogens with one attached hydrogen (secondary N) is 1. The minimum absolute atomic E-state index is 0.163. The first-order chi connectivity index (χ1) is 24.6. The number of benzene rings is 1. The smallest absolute Gasteiger partial charge is 0.410 e. The third-order valence-corrected chi connectivity index (χ3v) is 10.5. The summed E-state index contributed by atoms with van der Waals surface area (Å²) >= 11 is 0. The number of halogens is 1. The number of likely N-dealkylation sites (tertiary alicyclic amines) is 3. The van der Waals surface area contributed by atoms with Crippen molar-refractivity contribution in [3.8, 4) is 5.88 Å². The van der Waals surface area contributed by atoms with Crippen LogP contribution in [0.1, 0.15) is 63.0 Å². The van der Waals surface area contributed by atoms with Crippen molar-refractivity contribution in [2.24, 2.45) is 11.8 Å². The molecule has 3 aliphatic heterocycles. The van der Waals surface area contributed by atoms with Crippen molar-refractivity contribution in [2.75, 3.05) is 44.6 Å². The number of carbonyl (C=O) groups is 3. The highest BCUT2D eigenvalue weighted by molar-refractivity contribution is 5.90. The lowest BCUT2D eigenvalue weighted by Gasteiger charge is -2.32. The van der Waals surface area contributed by atoms with Gasteiger partial charge in [0.15, 0.2) is 11.5 Å². The second kappa shape index (κ2) is 14.8. The predicted octanol–water partition coefficient (Wildman–Crippen LogP) is 5.38. The van der Waals surface area contributed by atoms with Crippen molar-refractivity contribution in [3.63, 3.8) is 0 Å². The molecule has 3 aromatic rings. The summed E-state index contributed by atoms with van der Waals surface area (Å²) in [6.45, 7) is 10.3. The van der Waals surface area contributed by atoms with Gasteiger partial charge in [-0.1, -0.05) is 50.8 Å². The molecule has 3 saturated heterocycles. The molecule has 1 aliphatic carbocycles. The SMILES string of the molecule is C=C(F)C(=O)N1CCC(OC(=O)N2CC3CC(Nc4cc(O[C@@H]5CCCN(C(=O)OCc6ccccc6)C5)nc5c(C(C)C)cnn45)CC3C2)C1. The second-order valence-electron chi connectivity index (χ2n) is 14.5. The van der Waals surface area contributed by atoms with E-state index >= 15 is 0 Å². The topological polar surface area (TPSA) is 131 Å². The minimum atomic E-state index is -1.00.